The Balaban J connectivity index is 1.89. The number of fused-ring (bicyclic) bond motifs is 1. The highest BCUT2D eigenvalue weighted by molar-refractivity contribution is 5.78. The second kappa shape index (κ2) is 4.18. The van der Waals surface area contributed by atoms with Crippen LogP contribution in [0.5, 0.6) is 0 Å². The summed E-state index contributed by atoms with van der Waals surface area (Å²) in [5.74, 6) is -3.24. The van der Waals surface area contributed by atoms with E-state index >= 15 is 0 Å². The zero-order valence-corrected chi connectivity index (χ0v) is 11.3. The standard InChI is InChI=1S/C13H16O7/c1-7(14)17-5-13-6-18-10(15)4-8-3-9(11(16)19-13)12(8,2)20-13/h8-9H,3-6H2,1-2H3/t8-,9-,12-,13+/m0/s1. The molecule has 2 bridgehead atoms. The molecule has 2 aliphatic heterocycles. The molecule has 110 valence electrons. The van der Waals surface area contributed by atoms with Crippen LogP contribution in [0.1, 0.15) is 26.7 Å². The van der Waals surface area contributed by atoms with Crippen LogP contribution in [0.4, 0.5) is 0 Å². The van der Waals surface area contributed by atoms with E-state index < -0.39 is 17.4 Å². The van der Waals surface area contributed by atoms with Crippen LogP contribution in [0, 0.1) is 11.8 Å². The first kappa shape index (κ1) is 13.4. The first-order chi connectivity index (χ1) is 9.35. The summed E-state index contributed by atoms with van der Waals surface area (Å²) in [7, 11) is 0. The molecule has 0 aromatic heterocycles. The summed E-state index contributed by atoms with van der Waals surface area (Å²) >= 11 is 0. The van der Waals surface area contributed by atoms with Gasteiger partial charge in [0.05, 0.1) is 17.9 Å². The molecule has 0 amide bonds. The van der Waals surface area contributed by atoms with E-state index in [0.29, 0.717) is 6.42 Å². The van der Waals surface area contributed by atoms with Gasteiger partial charge in [-0.3, -0.25) is 14.4 Å². The number of rotatable bonds is 2. The minimum Gasteiger partial charge on any atom is -0.459 e. The minimum atomic E-state index is -1.53. The van der Waals surface area contributed by atoms with Gasteiger partial charge in [-0.05, 0) is 13.3 Å². The van der Waals surface area contributed by atoms with Gasteiger partial charge in [0.25, 0.3) is 5.79 Å². The van der Waals surface area contributed by atoms with Gasteiger partial charge >= 0.3 is 17.9 Å². The van der Waals surface area contributed by atoms with E-state index in [4.69, 9.17) is 18.9 Å². The van der Waals surface area contributed by atoms with E-state index in [2.05, 4.69) is 0 Å². The monoisotopic (exact) mass is 284 g/mol. The van der Waals surface area contributed by atoms with Crippen molar-refractivity contribution in [1.29, 1.82) is 0 Å². The lowest BCUT2D eigenvalue weighted by Crippen LogP contribution is -2.71. The van der Waals surface area contributed by atoms with Crippen LogP contribution in [0.25, 0.3) is 0 Å². The lowest BCUT2D eigenvalue weighted by atomic mass is 9.59. The van der Waals surface area contributed by atoms with Gasteiger partial charge in [-0.25, -0.2) is 0 Å². The summed E-state index contributed by atoms with van der Waals surface area (Å²) in [5.41, 5.74) is -0.755. The van der Waals surface area contributed by atoms with Crippen molar-refractivity contribution in [3.63, 3.8) is 0 Å². The van der Waals surface area contributed by atoms with Crippen LogP contribution in [0.2, 0.25) is 0 Å². The highest BCUT2D eigenvalue weighted by Gasteiger charge is 2.66. The third-order valence-electron chi connectivity index (χ3n) is 4.36. The molecule has 0 N–H and O–H groups in total. The minimum absolute atomic E-state index is 0.0788. The zero-order chi connectivity index (χ0) is 14.5. The molecular formula is C13H16O7. The topological polar surface area (TPSA) is 88.1 Å². The summed E-state index contributed by atoms with van der Waals surface area (Å²) in [6.45, 7) is 2.50. The van der Waals surface area contributed by atoms with Crippen molar-refractivity contribution in [3.8, 4) is 0 Å². The molecule has 1 aliphatic carbocycles. The van der Waals surface area contributed by atoms with Gasteiger partial charge in [0.15, 0.2) is 13.2 Å². The highest BCUT2D eigenvalue weighted by Crippen LogP contribution is 2.55. The quantitative estimate of drug-likeness (QED) is 0.527. The maximum absolute atomic E-state index is 12.1. The lowest BCUT2D eigenvalue weighted by molar-refractivity contribution is -0.375. The second-order valence-corrected chi connectivity index (χ2v) is 5.75. The third-order valence-corrected chi connectivity index (χ3v) is 4.36. The predicted molar refractivity (Wildman–Crippen MR) is 62.1 cm³/mol. The fourth-order valence-electron chi connectivity index (χ4n) is 3.14. The molecular weight excluding hydrogens is 268 g/mol. The Morgan fingerprint density at radius 3 is 2.90 bits per heavy atom. The van der Waals surface area contributed by atoms with Crippen molar-refractivity contribution in [2.45, 2.75) is 38.1 Å². The third kappa shape index (κ3) is 1.88. The molecule has 0 aromatic rings. The van der Waals surface area contributed by atoms with Crippen molar-refractivity contribution < 1.29 is 33.3 Å². The van der Waals surface area contributed by atoms with Gasteiger partial charge in [-0.2, -0.15) is 0 Å². The van der Waals surface area contributed by atoms with Crippen molar-refractivity contribution in [3.05, 3.63) is 0 Å². The van der Waals surface area contributed by atoms with E-state index in [9.17, 15) is 14.4 Å². The average Bonchev–Trinajstić information content (AvgIpc) is 2.36. The zero-order valence-electron chi connectivity index (χ0n) is 11.3. The number of esters is 3. The van der Waals surface area contributed by atoms with Gasteiger partial charge in [0.1, 0.15) is 0 Å². The van der Waals surface area contributed by atoms with E-state index in [-0.39, 0.29) is 43.4 Å². The molecule has 3 aliphatic rings. The molecule has 0 unspecified atom stereocenters. The van der Waals surface area contributed by atoms with Crippen LogP contribution in [-0.2, 0) is 33.3 Å². The highest BCUT2D eigenvalue weighted by atomic mass is 16.8. The van der Waals surface area contributed by atoms with Crippen LogP contribution in [0.3, 0.4) is 0 Å². The van der Waals surface area contributed by atoms with Crippen LogP contribution in [0.15, 0.2) is 0 Å². The van der Waals surface area contributed by atoms with Crippen LogP contribution >= 0.6 is 0 Å². The fourth-order valence-corrected chi connectivity index (χ4v) is 3.14. The Labute approximate surface area is 115 Å². The molecule has 20 heavy (non-hydrogen) atoms. The molecule has 7 heteroatoms. The SMILES string of the molecule is CC(=O)OC[C@@]12COC(=O)C[C@@H]3C[C@@H](C(=O)O1)[C@@]3(C)O2. The normalized spacial score (nSPS) is 42.5. The van der Waals surface area contributed by atoms with Crippen molar-refractivity contribution >= 4 is 17.9 Å². The molecule has 0 aromatic carbocycles. The van der Waals surface area contributed by atoms with Crippen LogP contribution < -0.4 is 0 Å². The van der Waals surface area contributed by atoms with Crippen molar-refractivity contribution in [2.75, 3.05) is 13.2 Å². The van der Waals surface area contributed by atoms with Gasteiger partial charge in [0.2, 0.25) is 0 Å². The van der Waals surface area contributed by atoms with E-state index in [1.807, 2.05) is 0 Å². The molecule has 2 saturated heterocycles. The number of hydrogen-bond acceptors (Lipinski definition) is 7. The predicted octanol–water partition coefficient (Wildman–Crippen LogP) is 0.161. The average molecular weight is 284 g/mol. The second-order valence-electron chi connectivity index (χ2n) is 5.75. The van der Waals surface area contributed by atoms with Crippen LogP contribution in [-0.4, -0.2) is 42.5 Å². The summed E-state index contributed by atoms with van der Waals surface area (Å²) in [6, 6.07) is 0. The number of cyclic esters (lactones) is 1. The maximum atomic E-state index is 12.1. The van der Waals surface area contributed by atoms with Gasteiger partial charge in [0, 0.05) is 12.8 Å². The molecule has 0 spiro atoms. The molecule has 3 rings (SSSR count). The maximum Gasteiger partial charge on any atom is 0.314 e. The Bertz CT molecular complexity index is 483. The Morgan fingerprint density at radius 2 is 2.20 bits per heavy atom. The Hall–Kier alpha value is -1.63. The van der Waals surface area contributed by atoms with Gasteiger partial charge in [-0.1, -0.05) is 0 Å². The molecule has 2 heterocycles. The number of carbonyl (C=O) groups is 3. The van der Waals surface area contributed by atoms with E-state index in [1.165, 1.54) is 6.92 Å². The molecule has 1 saturated carbocycles. The van der Waals surface area contributed by atoms with E-state index in [1.54, 1.807) is 6.92 Å². The molecule has 7 nitrogen and oxygen atoms in total. The largest absolute Gasteiger partial charge is 0.459 e. The number of carbonyl (C=O) groups excluding carboxylic acids is 3. The van der Waals surface area contributed by atoms with Gasteiger partial charge in [-0.15, -0.1) is 0 Å². The fraction of sp³-hybridized carbons (Fsp3) is 0.769. The lowest BCUT2D eigenvalue weighted by Gasteiger charge is -2.59. The summed E-state index contributed by atoms with van der Waals surface area (Å²) in [4.78, 5) is 34.7. The van der Waals surface area contributed by atoms with Crippen molar-refractivity contribution in [2.24, 2.45) is 11.8 Å². The van der Waals surface area contributed by atoms with E-state index in [0.717, 1.165) is 0 Å². The molecule has 4 atom stereocenters. The molecule has 3 fully saturated rings. The van der Waals surface area contributed by atoms with Crippen molar-refractivity contribution in [1.82, 2.24) is 0 Å². The number of hydrogen-bond donors (Lipinski definition) is 0. The molecule has 0 radical (unpaired) electrons. The Morgan fingerprint density at radius 1 is 1.45 bits per heavy atom. The smallest absolute Gasteiger partial charge is 0.314 e. The Kier molecular flexibility index (Phi) is 2.79. The van der Waals surface area contributed by atoms with Gasteiger partial charge < -0.3 is 18.9 Å². The number of ether oxygens (including phenoxy) is 4. The first-order valence-electron chi connectivity index (χ1n) is 6.57. The summed E-state index contributed by atoms with van der Waals surface area (Å²) in [5, 5.41) is 0. The summed E-state index contributed by atoms with van der Waals surface area (Å²) < 4.78 is 21.2. The first-order valence-corrected chi connectivity index (χ1v) is 6.57. The summed E-state index contributed by atoms with van der Waals surface area (Å²) in [6.07, 6.45) is 0.776.